The summed E-state index contributed by atoms with van der Waals surface area (Å²) in [5.41, 5.74) is 7.32. The monoisotopic (exact) mass is 340 g/mol. The molecule has 0 aromatic heterocycles. The Morgan fingerprint density at radius 1 is 1.53 bits per heavy atom. The molecule has 15 heavy (non-hydrogen) atoms. The molecule has 1 aromatic rings. The summed E-state index contributed by atoms with van der Waals surface area (Å²) in [6, 6.07) is 5.83. The summed E-state index contributed by atoms with van der Waals surface area (Å²) in [5.74, 6) is -0.0350. The van der Waals surface area contributed by atoms with Crippen molar-refractivity contribution in [2.45, 2.75) is 13.3 Å². The van der Waals surface area contributed by atoms with E-state index in [4.69, 9.17) is 5.73 Å². The largest absolute Gasteiger partial charge is 0.330 e. The number of anilines is 1. The maximum Gasteiger partial charge on any atom is 0.225 e. The molecule has 0 saturated heterocycles. The number of aryl methyl sites for hydroxylation is 1. The number of carbonyl (C=O) groups excluding carboxylic acids is 1. The summed E-state index contributed by atoms with van der Waals surface area (Å²) in [6.07, 6.45) is 0.366. The summed E-state index contributed by atoms with van der Waals surface area (Å²) in [7, 11) is 0. The molecule has 0 bridgehead atoms. The molecule has 0 saturated carbocycles. The Hall–Kier alpha value is -0.330. The highest BCUT2D eigenvalue weighted by atomic mass is 127. The van der Waals surface area contributed by atoms with Crippen LogP contribution in [0.15, 0.2) is 18.2 Å². The van der Waals surface area contributed by atoms with Crippen molar-refractivity contribution in [3.05, 3.63) is 27.3 Å². The van der Waals surface area contributed by atoms with Crippen molar-refractivity contribution in [3.63, 3.8) is 0 Å². The summed E-state index contributed by atoms with van der Waals surface area (Å²) in [5, 5.41) is 2.79. The Balaban J connectivity index is 0.00000196. The number of nitrogens with two attached hydrogens (primary N) is 1. The van der Waals surface area contributed by atoms with Crippen molar-refractivity contribution in [2.24, 2.45) is 5.73 Å². The fraction of sp³-hybridized carbons (Fsp3) is 0.300. The van der Waals surface area contributed by atoms with Gasteiger partial charge in [-0.3, -0.25) is 4.79 Å². The molecular weight excluding hydrogens is 326 g/mol. The van der Waals surface area contributed by atoms with Crippen molar-refractivity contribution in [2.75, 3.05) is 11.9 Å². The van der Waals surface area contributed by atoms with E-state index >= 15 is 0 Å². The number of rotatable bonds is 3. The van der Waals surface area contributed by atoms with Crippen molar-refractivity contribution in [3.8, 4) is 0 Å². The average molecular weight is 341 g/mol. The molecule has 1 amide bonds. The van der Waals surface area contributed by atoms with Gasteiger partial charge in [0.25, 0.3) is 0 Å². The van der Waals surface area contributed by atoms with Crippen LogP contribution >= 0.6 is 35.0 Å². The molecule has 0 aliphatic heterocycles. The highest BCUT2D eigenvalue weighted by molar-refractivity contribution is 14.1. The second kappa shape index (κ2) is 7.03. The molecule has 0 aliphatic carbocycles. The van der Waals surface area contributed by atoms with Crippen molar-refractivity contribution >= 4 is 46.6 Å². The predicted molar refractivity (Wildman–Crippen MR) is 73.4 cm³/mol. The average Bonchev–Trinajstić information content (AvgIpc) is 2.12. The number of hydrogen-bond acceptors (Lipinski definition) is 2. The number of hydrogen-bond donors (Lipinski definition) is 2. The van der Waals surface area contributed by atoms with Crippen LogP contribution in [0.1, 0.15) is 12.0 Å². The van der Waals surface area contributed by atoms with Crippen LogP contribution in [-0.4, -0.2) is 12.5 Å². The molecule has 0 fully saturated rings. The van der Waals surface area contributed by atoms with Gasteiger partial charge in [0, 0.05) is 22.2 Å². The Kier molecular flexibility index (Phi) is 6.87. The Morgan fingerprint density at radius 3 is 2.73 bits per heavy atom. The molecule has 0 spiro atoms. The molecule has 0 radical (unpaired) electrons. The smallest absolute Gasteiger partial charge is 0.225 e. The molecule has 0 atom stereocenters. The first-order valence-electron chi connectivity index (χ1n) is 4.39. The van der Waals surface area contributed by atoms with Gasteiger partial charge in [0.2, 0.25) is 5.91 Å². The van der Waals surface area contributed by atoms with E-state index in [1.165, 1.54) is 5.56 Å². The number of amides is 1. The van der Waals surface area contributed by atoms with Crippen LogP contribution in [0.4, 0.5) is 5.69 Å². The zero-order chi connectivity index (χ0) is 10.6. The van der Waals surface area contributed by atoms with Gasteiger partial charge in [-0.2, -0.15) is 0 Å². The van der Waals surface area contributed by atoms with E-state index in [0.717, 1.165) is 9.26 Å². The molecule has 3 nitrogen and oxygen atoms in total. The third kappa shape index (κ3) is 4.81. The third-order valence-corrected chi connectivity index (χ3v) is 2.99. The normalized spacial score (nSPS) is 9.27. The lowest BCUT2D eigenvalue weighted by Crippen LogP contribution is -2.16. The molecule has 0 unspecified atom stereocenters. The topological polar surface area (TPSA) is 55.1 Å². The molecule has 1 rings (SSSR count). The highest BCUT2D eigenvalue weighted by Gasteiger charge is 2.01. The van der Waals surface area contributed by atoms with Crippen molar-refractivity contribution in [1.29, 1.82) is 0 Å². The summed E-state index contributed by atoms with van der Waals surface area (Å²) in [4.78, 5) is 11.2. The summed E-state index contributed by atoms with van der Waals surface area (Å²) < 4.78 is 1.15. The maximum atomic E-state index is 11.2. The lowest BCUT2D eigenvalue weighted by Gasteiger charge is -2.05. The Bertz CT molecular complexity index is 344. The second-order valence-electron chi connectivity index (χ2n) is 3.05. The van der Waals surface area contributed by atoms with Gasteiger partial charge in [0.1, 0.15) is 0 Å². The first-order chi connectivity index (χ1) is 6.63. The minimum absolute atomic E-state index is 0. The summed E-state index contributed by atoms with van der Waals surface area (Å²) in [6.45, 7) is 2.42. The van der Waals surface area contributed by atoms with Crippen LogP contribution in [0.2, 0.25) is 0 Å². The van der Waals surface area contributed by atoms with Gasteiger partial charge in [-0.05, 0) is 47.2 Å². The number of carbonyl (C=O) groups is 1. The van der Waals surface area contributed by atoms with Crippen LogP contribution < -0.4 is 11.1 Å². The maximum absolute atomic E-state index is 11.2. The Morgan fingerprint density at radius 2 is 2.20 bits per heavy atom. The van der Waals surface area contributed by atoms with Crippen LogP contribution in [0, 0.1) is 10.5 Å². The second-order valence-corrected chi connectivity index (χ2v) is 4.21. The zero-order valence-corrected chi connectivity index (χ0v) is 11.4. The lowest BCUT2D eigenvalue weighted by atomic mass is 10.2. The van der Waals surface area contributed by atoms with E-state index in [1.807, 2.05) is 25.1 Å². The third-order valence-electron chi connectivity index (χ3n) is 1.83. The molecular formula is C10H14ClIN2O. The molecule has 5 heteroatoms. The molecule has 84 valence electrons. The van der Waals surface area contributed by atoms with Gasteiger partial charge in [-0.1, -0.05) is 6.07 Å². The fourth-order valence-corrected chi connectivity index (χ4v) is 1.54. The van der Waals surface area contributed by atoms with Gasteiger partial charge in [0.15, 0.2) is 0 Å². The number of nitrogens with one attached hydrogen (secondary N) is 1. The van der Waals surface area contributed by atoms with Crippen LogP contribution in [0.3, 0.4) is 0 Å². The van der Waals surface area contributed by atoms with E-state index < -0.39 is 0 Å². The quantitative estimate of drug-likeness (QED) is 0.830. The molecule has 0 aliphatic rings. The van der Waals surface area contributed by atoms with Crippen LogP contribution in [-0.2, 0) is 4.79 Å². The standard InChI is InChI=1S/C10H13IN2O.ClH/c1-7-2-3-8(6-9(7)11)13-10(14)4-5-12;/h2-3,6H,4-5,12H2,1H3,(H,13,14);1H. The van der Waals surface area contributed by atoms with Crippen molar-refractivity contribution in [1.82, 2.24) is 0 Å². The number of halogens is 2. The van der Waals surface area contributed by atoms with Gasteiger partial charge < -0.3 is 11.1 Å². The van der Waals surface area contributed by atoms with Crippen molar-refractivity contribution < 1.29 is 4.79 Å². The van der Waals surface area contributed by atoms with E-state index in [1.54, 1.807) is 0 Å². The fourth-order valence-electron chi connectivity index (χ4n) is 1.03. The molecule has 0 heterocycles. The first kappa shape index (κ1) is 14.7. The predicted octanol–water partition coefficient (Wildman–Crippen LogP) is 2.31. The van der Waals surface area contributed by atoms with Gasteiger partial charge >= 0.3 is 0 Å². The highest BCUT2D eigenvalue weighted by Crippen LogP contribution is 2.16. The number of benzene rings is 1. The summed E-state index contributed by atoms with van der Waals surface area (Å²) >= 11 is 2.24. The Labute approximate surface area is 109 Å². The first-order valence-corrected chi connectivity index (χ1v) is 5.47. The molecule has 3 N–H and O–H groups in total. The van der Waals surface area contributed by atoms with E-state index in [-0.39, 0.29) is 18.3 Å². The zero-order valence-electron chi connectivity index (χ0n) is 8.42. The van der Waals surface area contributed by atoms with Gasteiger partial charge in [-0.25, -0.2) is 0 Å². The van der Waals surface area contributed by atoms with Gasteiger partial charge in [-0.15, -0.1) is 12.4 Å². The SMILES string of the molecule is Cc1ccc(NC(=O)CCN)cc1I.Cl. The van der Waals surface area contributed by atoms with Gasteiger partial charge in [0.05, 0.1) is 0 Å². The minimum Gasteiger partial charge on any atom is -0.330 e. The van der Waals surface area contributed by atoms with E-state index in [2.05, 4.69) is 27.9 Å². The molecule has 1 aromatic carbocycles. The van der Waals surface area contributed by atoms with Crippen LogP contribution in [0.5, 0.6) is 0 Å². The van der Waals surface area contributed by atoms with E-state index in [0.29, 0.717) is 13.0 Å². The van der Waals surface area contributed by atoms with E-state index in [9.17, 15) is 4.79 Å². The lowest BCUT2D eigenvalue weighted by molar-refractivity contribution is -0.116. The minimum atomic E-state index is -0.0350. The van der Waals surface area contributed by atoms with Crippen LogP contribution in [0.25, 0.3) is 0 Å².